The highest BCUT2D eigenvalue weighted by Crippen LogP contribution is 2.49. The zero-order valence-corrected chi connectivity index (χ0v) is 9.34. The van der Waals surface area contributed by atoms with Gasteiger partial charge in [0.25, 0.3) is 0 Å². The molecule has 2 aliphatic rings. The molecule has 0 unspecified atom stereocenters. The second kappa shape index (κ2) is 3.23. The Bertz CT molecular complexity index is 252. The lowest BCUT2D eigenvalue weighted by Gasteiger charge is -2.24. The van der Waals surface area contributed by atoms with Gasteiger partial charge in [-0.25, -0.2) is 0 Å². The zero-order valence-electron chi connectivity index (χ0n) is 9.34. The van der Waals surface area contributed by atoms with E-state index in [1.807, 2.05) is 6.92 Å². The number of nitrogens with one attached hydrogen (secondary N) is 1. The smallest absolute Gasteiger partial charge is 0.220 e. The summed E-state index contributed by atoms with van der Waals surface area (Å²) < 4.78 is 0. The van der Waals surface area contributed by atoms with Gasteiger partial charge >= 0.3 is 0 Å². The second-order valence-electron chi connectivity index (χ2n) is 4.98. The van der Waals surface area contributed by atoms with Crippen LogP contribution in [0.4, 0.5) is 0 Å². The Kier molecular flexibility index (Phi) is 2.30. The minimum atomic E-state index is 0.164. The van der Waals surface area contributed by atoms with E-state index in [4.69, 9.17) is 0 Å². The van der Waals surface area contributed by atoms with E-state index >= 15 is 0 Å². The van der Waals surface area contributed by atoms with E-state index in [0.717, 1.165) is 12.5 Å². The Labute approximate surface area is 85.8 Å². The summed E-state index contributed by atoms with van der Waals surface area (Å²) in [5, 5.41) is 3.18. The molecule has 0 spiro atoms. The maximum atomic E-state index is 11.3. The van der Waals surface area contributed by atoms with Crippen LogP contribution in [0, 0.1) is 5.92 Å². The van der Waals surface area contributed by atoms with Crippen molar-refractivity contribution in [3.63, 3.8) is 0 Å². The highest BCUT2D eigenvalue weighted by atomic mass is 16.1. The van der Waals surface area contributed by atoms with Gasteiger partial charge in [0.1, 0.15) is 0 Å². The third kappa shape index (κ3) is 1.54. The Hall–Kier alpha value is -0.570. The predicted molar refractivity (Wildman–Crippen MR) is 56.0 cm³/mol. The normalized spacial score (nSPS) is 35.9. The molecule has 0 radical (unpaired) electrons. The summed E-state index contributed by atoms with van der Waals surface area (Å²) in [6.07, 6.45) is 1.80. The van der Waals surface area contributed by atoms with Crippen LogP contribution in [0.25, 0.3) is 0 Å². The van der Waals surface area contributed by atoms with Crippen molar-refractivity contribution in [2.24, 2.45) is 5.92 Å². The molecule has 1 amide bonds. The minimum Gasteiger partial charge on any atom is -0.349 e. The molecule has 1 saturated carbocycles. The standard InChI is InChI=1S/C11H20N2O/c1-4-10(14)12-11-5-9(11)6-13(7-11)8(2)3/h8-9H,4-7H2,1-3H3,(H,12,14)/t9-,11-/m1/s1. The Morgan fingerprint density at radius 1 is 1.64 bits per heavy atom. The van der Waals surface area contributed by atoms with Gasteiger partial charge in [-0.2, -0.15) is 0 Å². The van der Waals surface area contributed by atoms with Crippen LogP contribution in [-0.2, 0) is 4.79 Å². The van der Waals surface area contributed by atoms with Gasteiger partial charge in [0.2, 0.25) is 5.91 Å². The number of likely N-dealkylation sites (tertiary alicyclic amines) is 1. The third-order valence-electron chi connectivity index (χ3n) is 3.61. The molecule has 1 N–H and O–H groups in total. The van der Waals surface area contributed by atoms with E-state index < -0.39 is 0 Å². The highest BCUT2D eigenvalue weighted by Gasteiger charge is 2.60. The Morgan fingerprint density at radius 3 is 2.86 bits per heavy atom. The number of carbonyl (C=O) groups excluding carboxylic acids is 1. The first-order valence-corrected chi connectivity index (χ1v) is 5.62. The molecule has 80 valence electrons. The fourth-order valence-corrected chi connectivity index (χ4v) is 2.48. The summed E-state index contributed by atoms with van der Waals surface area (Å²) in [4.78, 5) is 13.8. The zero-order chi connectivity index (χ0) is 10.3. The van der Waals surface area contributed by atoms with Crippen molar-refractivity contribution >= 4 is 5.91 Å². The van der Waals surface area contributed by atoms with Crippen molar-refractivity contribution in [1.82, 2.24) is 10.2 Å². The number of hydrogen-bond acceptors (Lipinski definition) is 2. The number of nitrogens with zero attached hydrogens (tertiary/aromatic N) is 1. The maximum Gasteiger partial charge on any atom is 0.220 e. The summed E-state index contributed by atoms with van der Waals surface area (Å²) in [5.41, 5.74) is 0.164. The van der Waals surface area contributed by atoms with Gasteiger partial charge in [-0.15, -0.1) is 0 Å². The van der Waals surface area contributed by atoms with Gasteiger partial charge in [-0.05, 0) is 26.2 Å². The van der Waals surface area contributed by atoms with Crippen molar-refractivity contribution in [2.75, 3.05) is 13.1 Å². The number of fused-ring (bicyclic) bond motifs is 1. The quantitative estimate of drug-likeness (QED) is 0.730. The molecule has 1 aliphatic heterocycles. The Balaban J connectivity index is 1.92. The average Bonchev–Trinajstić information content (AvgIpc) is 2.67. The first-order chi connectivity index (χ1) is 6.57. The molecule has 1 saturated heterocycles. The van der Waals surface area contributed by atoms with E-state index in [0.29, 0.717) is 12.5 Å². The topological polar surface area (TPSA) is 32.3 Å². The van der Waals surface area contributed by atoms with Gasteiger partial charge in [-0.1, -0.05) is 6.92 Å². The Morgan fingerprint density at radius 2 is 2.36 bits per heavy atom. The van der Waals surface area contributed by atoms with Crippen LogP contribution < -0.4 is 5.32 Å². The molecule has 3 nitrogen and oxygen atoms in total. The van der Waals surface area contributed by atoms with Crippen LogP contribution in [0.3, 0.4) is 0 Å². The van der Waals surface area contributed by atoms with Crippen LogP contribution in [0.1, 0.15) is 33.6 Å². The van der Waals surface area contributed by atoms with Crippen molar-refractivity contribution in [3.05, 3.63) is 0 Å². The lowest BCUT2D eigenvalue weighted by Crippen LogP contribution is -2.43. The SMILES string of the molecule is CCC(=O)N[C@@]12C[C@@H]1CN(C(C)C)C2. The summed E-state index contributed by atoms with van der Waals surface area (Å²) in [5.74, 6) is 0.929. The molecular formula is C11H20N2O. The molecule has 0 aromatic rings. The molecule has 1 aliphatic carbocycles. The van der Waals surface area contributed by atoms with Gasteiger partial charge in [0.15, 0.2) is 0 Å². The largest absolute Gasteiger partial charge is 0.349 e. The van der Waals surface area contributed by atoms with Gasteiger partial charge in [0, 0.05) is 25.6 Å². The van der Waals surface area contributed by atoms with Crippen molar-refractivity contribution < 1.29 is 4.79 Å². The maximum absolute atomic E-state index is 11.3. The van der Waals surface area contributed by atoms with E-state index in [1.54, 1.807) is 0 Å². The van der Waals surface area contributed by atoms with Crippen LogP contribution in [0.5, 0.6) is 0 Å². The van der Waals surface area contributed by atoms with E-state index in [9.17, 15) is 4.79 Å². The number of carbonyl (C=O) groups is 1. The van der Waals surface area contributed by atoms with Crippen LogP contribution in [0.15, 0.2) is 0 Å². The van der Waals surface area contributed by atoms with E-state index in [-0.39, 0.29) is 11.4 Å². The lowest BCUT2D eigenvalue weighted by atomic mass is 10.2. The molecule has 0 aromatic heterocycles. The number of hydrogen-bond donors (Lipinski definition) is 1. The lowest BCUT2D eigenvalue weighted by molar-refractivity contribution is -0.121. The summed E-state index contributed by atoms with van der Waals surface area (Å²) in [6.45, 7) is 8.58. The van der Waals surface area contributed by atoms with Gasteiger partial charge < -0.3 is 5.32 Å². The minimum absolute atomic E-state index is 0.164. The van der Waals surface area contributed by atoms with Crippen LogP contribution in [0.2, 0.25) is 0 Å². The third-order valence-corrected chi connectivity index (χ3v) is 3.61. The summed E-state index contributed by atoms with van der Waals surface area (Å²) in [7, 11) is 0. The second-order valence-corrected chi connectivity index (χ2v) is 4.98. The predicted octanol–water partition coefficient (Wildman–Crippen LogP) is 0.995. The number of piperidine rings is 1. The molecule has 2 fully saturated rings. The molecular weight excluding hydrogens is 176 g/mol. The van der Waals surface area contributed by atoms with Gasteiger partial charge in [0.05, 0.1) is 5.54 Å². The average molecular weight is 196 g/mol. The van der Waals surface area contributed by atoms with Crippen molar-refractivity contribution in [2.45, 2.75) is 45.2 Å². The molecule has 2 atom stereocenters. The molecule has 0 bridgehead atoms. The fraction of sp³-hybridized carbons (Fsp3) is 0.909. The van der Waals surface area contributed by atoms with E-state index in [1.165, 1.54) is 13.0 Å². The highest BCUT2D eigenvalue weighted by molar-refractivity contribution is 5.77. The van der Waals surface area contributed by atoms with Crippen molar-refractivity contribution in [3.8, 4) is 0 Å². The molecule has 0 aromatic carbocycles. The van der Waals surface area contributed by atoms with Crippen LogP contribution in [-0.4, -0.2) is 35.5 Å². The first kappa shape index (κ1) is 9.97. The van der Waals surface area contributed by atoms with E-state index in [2.05, 4.69) is 24.1 Å². The molecule has 14 heavy (non-hydrogen) atoms. The molecule has 2 rings (SSSR count). The molecule has 3 heteroatoms. The monoisotopic (exact) mass is 196 g/mol. The first-order valence-electron chi connectivity index (χ1n) is 5.62. The van der Waals surface area contributed by atoms with Crippen LogP contribution >= 0.6 is 0 Å². The summed E-state index contributed by atoms with van der Waals surface area (Å²) in [6, 6.07) is 0.609. The summed E-state index contributed by atoms with van der Waals surface area (Å²) >= 11 is 0. The van der Waals surface area contributed by atoms with Gasteiger partial charge in [-0.3, -0.25) is 9.69 Å². The number of amides is 1. The van der Waals surface area contributed by atoms with Crippen molar-refractivity contribution in [1.29, 1.82) is 0 Å². The molecule has 1 heterocycles. The number of rotatable bonds is 3. The fourth-order valence-electron chi connectivity index (χ4n) is 2.48.